The minimum atomic E-state index is -0.171. The summed E-state index contributed by atoms with van der Waals surface area (Å²) in [4.78, 5) is 12.3. The highest BCUT2D eigenvalue weighted by molar-refractivity contribution is 7.99. The Kier molecular flexibility index (Phi) is 6.66. The molecule has 1 aliphatic carbocycles. The van der Waals surface area contributed by atoms with Gasteiger partial charge >= 0.3 is 0 Å². The van der Waals surface area contributed by atoms with Crippen molar-refractivity contribution in [3.05, 3.63) is 48.3 Å². The van der Waals surface area contributed by atoms with Crippen LogP contribution in [-0.4, -0.2) is 26.4 Å². The topological polar surface area (TPSA) is 83.6 Å². The molecule has 140 valence electrons. The first kappa shape index (κ1) is 19.2. The maximum absolute atomic E-state index is 12.3. The summed E-state index contributed by atoms with van der Waals surface area (Å²) in [6.45, 7) is 4.48. The summed E-state index contributed by atoms with van der Waals surface area (Å²) < 4.78 is 2.07. The molecule has 0 saturated heterocycles. The Morgan fingerprint density at radius 3 is 2.85 bits per heavy atom. The van der Waals surface area contributed by atoms with E-state index in [4.69, 9.17) is 5.26 Å². The number of hydrogen-bond donors (Lipinski definition) is 1. The minimum absolute atomic E-state index is 0.171. The average Bonchev–Trinajstić information content (AvgIpc) is 3.10. The molecular formula is C20H23N5OS. The van der Waals surface area contributed by atoms with Crippen LogP contribution in [0.15, 0.2) is 42.1 Å². The lowest BCUT2D eigenvalue weighted by Crippen LogP contribution is -2.16. The Hall–Kier alpha value is -2.59. The quantitative estimate of drug-likeness (QED) is 0.576. The smallest absolute Gasteiger partial charge is 0.234 e. The zero-order chi connectivity index (χ0) is 19.1. The summed E-state index contributed by atoms with van der Waals surface area (Å²) in [7, 11) is 0. The molecule has 1 fully saturated rings. The van der Waals surface area contributed by atoms with Crippen molar-refractivity contribution in [1.29, 1.82) is 5.26 Å². The molecule has 0 radical (unpaired) electrons. The predicted molar refractivity (Wildman–Crippen MR) is 107 cm³/mol. The number of carbonyl (C=O) groups excluding carboxylic acids is 1. The highest BCUT2D eigenvalue weighted by atomic mass is 32.2. The van der Waals surface area contributed by atoms with Crippen molar-refractivity contribution in [2.24, 2.45) is 0 Å². The SMILES string of the molecule is C=CCn1c(SCC(=O)Nc2ccccc2C#N)nnc1C1CCCCC1. The lowest BCUT2D eigenvalue weighted by molar-refractivity contribution is -0.113. The van der Waals surface area contributed by atoms with Crippen LogP contribution >= 0.6 is 11.8 Å². The number of hydrogen-bond acceptors (Lipinski definition) is 5. The van der Waals surface area contributed by atoms with Crippen LogP contribution in [0.25, 0.3) is 0 Å². The molecule has 3 rings (SSSR count). The van der Waals surface area contributed by atoms with Crippen molar-refractivity contribution in [3.63, 3.8) is 0 Å². The zero-order valence-corrected chi connectivity index (χ0v) is 16.0. The highest BCUT2D eigenvalue weighted by Gasteiger charge is 2.23. The van der Waals surface area contributed by atoms with E-state index in [1.807, 2.05) is 6.08 Å². The number of benzene rings is 1. The number of nitrogens with zero attached hydrogens (tertiary/aromatic N) is 4. The molecule has 1 aromatic heterocycles. The van der Waals surface area contributed by atoms with Gasteiger partial charge in [0, 0.05) is 12.5 Å². The second kappa shape index (κ2) is 9.38. The molecule has 0 bridgehead atoms. The maximum Gasteiger partial charge on any atom is 0.234 e. The summed E-state index contributed by atoms with van der Waals surface area (Å²) >= 11 is 1.36. The summed E-state index contributed by atoms with van der Waals surface area (Å²) in [6.07, 6.45) is 7.88. The van der Waals surface area contributed by atoms with Gasteiger partial charge in [-0.25, -0.2) is 0 Å². The van der Waals surface area contributed by atoms with Gasteiger partial charge in [0.15, 0.2) is 5.16 Å². The number of anilines is 1. The van der Waals surface area contributed by atoms with Crippen LogP contribution in [0.3, 0.4) is 0 Å². The molecule has 1 heterocycles. The van der Waals surface area contributed by atoms with E-state index in [1.54, 1.807) is 24.3 Å². The molecule has 0 unspecified atom stereocenters. The van der Waals surface area contributed by atoms with Crippen molar-refractivity contribution >= 4 is 23.4 Å². The molecule has 1 aliphatic rings. The fourth-order valence-electron chi connectivity index (χ4n) is 3.38. The molecule has 6 nitrogen and oxygen atoms in total. The van der Waals surface area contributed by atoms with Crippen molar-refractivity contribution in [2.75, 3.05) is 11.1 Å². The van der Waals surface area contributed by atoms with Crippen LogP contribution in [0.1, 0.15) is 49.4 Å². The van der Waals surface area contributed by atoms with Gasteiger partial charge in [0.1, 0.15) is 11.9 Å². The van der Waals surface area contributed by atoms with Gasteiger partial charge in [-0.15, -0.1) is 16.8 Å². The fraction of sp³-hybridized carbons (Fsp3) is 0.400. The number of allylic oxidation sites excluding steroid dienone is 1. The molecule has 1 N–H and O–H groups in total. The Labute approximate surface area is 163 Å². The molecule has 1 saturated carbocycles. The number of nitriles is 1. The van der Waals surface area contributed by atoms with E-state index in [1.165, 1.54) is 31.0 Å². The Bertz CT molecular complexity index is 848. The van der Waals surface area contributed by atoms with Crippen molar-refractivity contribution in [1.82, 2.24) is 14.8 Å². The van der Waals surface area contributed by atoms with Crippen LogP contribution in [0, 0.1) is 11.3 Å². The van der Waals surface area contributed by atoms with Gasteiger partial charge in [-0.2, -0.15) is 5.26 Å². The number of aromatic nitrogens is 3. The molecule has 0 spiro atoms. The van der Waals surface area contributed by atoms with E-state index in [-0.39, 0.29) is 11.7 Å². The standard InChI is InChI=1S/C20H23N5OS/c1-2-12-25-19(15-8-4-3-5-9-15)23-24-20(25)27-14-18(26)22-17-11-7-6-10-16(17)13-21/h2,6-7,10-11,15H,1,3-5,8-9,12,14H2,(H,22,26). The second-order valence-corrected chi connectivity index (χ2v) is 7.51. The van der Waals surface area contributed by atoms with E-state index < -0.39 is 0 Å². The van der Waals surface area contributed by atoms with Crippen molar-refractivity contribution in [3.8, 4) is 6.07 Å². The molecule has 1 amide bonds. The molecule has 27 heavy (non-hydrogen) atoms. The number of para-hydroxylation sites is 1. The van der Waals surface area contributed by atoms with Crippen LogP contribution in [0.5, 0.6) is 0 Å². The third-order valence-electron chi connectivity index (χ3n) is 4.68. The molecule has 7 heteroatoms. The third kappa shape index (κ3) is 4.77. The van der Waals surface area contributed by atoms with Gasteiger partial charge in [0.05, 0.1) is 17.0 Å². The summed E-state index contributed by atoms with van der Waals surface area (Å²) in [5.41, 5.74) is 0.978. The van der Waals surface area contributed by atoms with Gasteiger partial charge in [-0.3, -0.25) is 4.79 Å². The van der Waals surface area contributed by atoms with E-state index in [0.717, 1.165) is 23.8 Å². The predicted octanol–water partition coefficient (Wildman–Crippen LogP) is 4.11. The van der Waals surface area contributed by atoms with Crippen molar-refractivity contribution in [2.45, 2.75) is 49.7 Å². The Balaban J connectivity index is 1.66. The monoisotopic (exact) mass is 381 g/mol. The largest absolute Gasteiger partial charge is 0.324 e. The van der Waals surface area contributed by atoms with Crippen molar-refractivity contribution < 1.29 is 4.79 Å². The number of nitrogens with one attached hydrogen (secondary N) is 1. The van der Waals surface area contributed by atoms with E-state index in [2.05, 4.69) is 32.7 Å². The van der Waals surface area contributed by atoms with Crippen LogP contribution in [-0.2, 0) is 11.3 Å². The molecule has 2 aromatic rings. The highest BCUT2D eigenvalue weighted by Crippen LogP contribution is 2.33. The number of carbonyl (C=O) groups is 1. The summed E-state index contributed by atoms with van der Waals surface area (Å²) in [5.74, 6) is 1.49. The first-order chi connectivity index (χ1) is 13.2. The second-order valence-electron chi connectivity index (χ2n) is 6.57. The van der Waals surface area contributed by atoms with Crippen LogP contribution < -0.4 is 5.32 Å². The van der Waals surface area contributed by atoms with Crippen LogP contribution in [0.2, 0.25) is 0 Å². The summed E-state index contributed by atoms with van der Waals surface area (Å²) in [5, 5.41) is 21.4. The third-order valence-corrected chi connectivity index (χ3v) is 5.65. The minimum Gasteiger partial charge on any atom is -0.324 e. The van der Waals surface area contributed by atoms with Gasteiger partial charge in [0.2, 0.25) is 5.91 Å². The Morgan fingerprint density at radius 1 is 1.33 bits per heavy atom. The first-order valence-corrected chi connectivity index (χ1v) is 10.2. The fourth-order valence-corrected chi connectivity index (χ4v) is 4.13. The van der Waals surface area contributed by atoms with Gasteiger partial charge in [-0.05, 0) is 25.0 Å². The average molecular weight is 382 g/mol. The lowest BCUT2D eigenvalue weighted by atomic mass is 9.89. The number of amides is 1. The van der Waals surface area contributed by atoms with Gasteiger partial charge < -0.3 is 9.88 Å². The normalized spacial score (nSPS) is 14.5. The van der Waals surface area contributed by atoms with E-state index in [9.17, 15) is 4.79 Å². The molecular weight excluding hydrogens is 358 g/mol. The first-order valence-electron chi connectivity index (χ1n) is 9.18. The maximum atomic E-state index is 12.3. The van der Waals surface area contributed by atoms with Gasteiger partial charge in [0.25, 0.3) is 0 Å². The van der Waals surface area contributed by atoms with Gasteiger partial charge in [-0.1, -0.05) is 49.2 Å². The lowest BCUT2D eigenvalue weighted by Gasteiger charge is -2.21. The number of rotatable bonds is 7. The van der Waals surface area contributed by atoms with E-state index in [0.29, 0.717) is 23.7 Å². The molecule has 0 aliphatic heterocycles. The summed E-state index contributed by atoms with van der Waals surface area (Å²) in [6, 6.07) is 9.05. The zero-order valence-electron chi connectivity index (χ0n) is 15.2. The molecule has 0 atom stereocenters. The molecule has 1 aromatic carbocycles. The Morgan fingerprint density at radius 2 is 2.11 bits per heavy atom. The van der Waals surface area contributed by atoms with Crippen LogP contribution in [0.4, 0.5) is 5.69 Å². The number of thioether (sulfide) groups is 1. The van der Waals surface area contributed by atoms with E-state index >= 15 is 0 Å².